The van der Waals surface area contributed by atoms with Crippen LogP contribution in [0.2, 0.25) is 5.82 Å². The van der Waals surface area contributed by atoms with Gasteiger partial charge in [-0.1, -0.05) is 30.3 Å². The van der Waals surface area contributed by atoms with Crippen LogP contribution < -0.4 is 0 Å². The number of carbonyl (C=O) groups excluding carboxylic acids is 1. The summed E-state index contributed by atoms with van der Waals surface area (Å²) in [5.41, 5.74) is 1.40. The molecule has 0 spiro atoms. The summed E-state index contributed by atoms with van der Waals surface area (Å²) in [6, 6.07) is 10.5. The molecular formula is C12H15BO. The minimum absolute atomic E-state index is 0.258. The first-order valence-electron chi connectivity index (χ1n) is 5.35. The lowest BCUT2D eigenvalue weighted by Gasteiger charge is -2.26. The van der Waals surface area contributed by atoms with E-state index in [4.69, 9.17) is 0 Å². The molecule has 0 bridgehead atoms. The van der Waals surface area contributed by atoms with Gasteiger partial charge in [0.25, 0.3) is 0 Å². The van der Waals surface area contributed by atoms with Gasteiger partial charge in [-0.05, 0) is 30.1 Å². The molecule has 0 saturated heterocycles. The van der Waals surface area contributed by atoms with Crippen LogP contribution in [0.15, 0.2) is 30.3 Å². The summed E-state index contributed by atoms with van der Waals surface area (Å²) >= 11 is 0. The zero-order chi connectivity index (χ0) is 9.97. The van der Waals surface area contributed by atoms with E-state index in [0.717, 1.165) is 19.3 Å². The van der Waals surface area contributed by atoms with E-state index in [1.165, 1.54) is 5.56 Å². The van der Waals surface area contributed by atoms with Crippen LogP contribution in [-0.4, -0.2) is 13.6 Å². The van der Waals surface area contributed by atoms with Gasteiger partial charge in [0.05, 0.1) is 0 Å². The third-order valence-corrected chi connectivity index (χ3v) is 3.20. The number of hydrogen-bond acceptors (Lipinski definition) is 1. The van der Waals surface area contributed by atoms with Gasteiger partial charge >= 0.3 is 0 Å². The summed E-state index contributed by atoms with van der Waals surface area (Å²) in [5, 5.41) is 0. The fourth-order valence-electron chi connectivity index (χ4n) is 2.27. The number of carbonyl (C=O) groups is 1. The molecule has 1 aliphatic rings. The Morgan fingerprint density at radius 3 is 2.57 bits per heavy atom. The van der Waals surface area contributed by atoms with Crippen LogP contribution in [0.4, 0.5) is 0 Å². The van der Waals surface area contributed by atoms with Crippen LogP contribution in [0.25, 0.3) is 0 Å². The number of ketones is 1. The van der Waals surface area contributed by atoms with Gasteiger partial charge in [0, 0.05) is 6.42 Å². The van der Waals surface area contributed by atoms with Gasteiger partial charge in [0.2, 0.25) is 0 Å². The standard InChI is InChI=1S/C12H15BO/c13-11-8-10(6-7-12(11)14)9-4-2-1-3-5-9/h1-5,10-11H,6-8,13H2. The lowest BCUT2D eigenvalue weighted by molar-refractivity contribution is -0.120. The Labute approximate surface area is 85.9 Å². The molecule has 2 unspecified atom stereocenters. The van der Waals surface area contributed by atoms with Gasteiger partial charge in [0.1, 0.15) is 13.6 Å². The molecule has 1 aliphatic carbocycles. The van der Waals surface area contributed by atoms with E-state index >= 15 is 0 Å². The molecule has 1 aromatic rings. The van der Waals surface area contributed by atoms with Gasteiger partial charge in [-0.15, -0.1) is 0 Å². The Kier molecular flexibility index (Phi) is 2.71. The molecule has 1 nitrogen and oxygen atoms in total. The van der Waals surface area contributed by atoms with Crippen LogP contribution in [0, 0.1) is 0 Å². The maximum atomic E-state index is 11.4. The van der Waals surface area contributed by atoms with E-state index in [1.807, 2.05) is 6.07 Å². The lowest BCUT2D eigenvalue weighted by atomic mass is 9.68. The Bertz CT molecular complexity index is 320. The highest BCUT2D eigenvalue weighted by Crippen LogP contribution is 2.35. The summed E-state index contributed by atoms with van der Waals surface area (Å²) < 4.78 is 0. The molecule has 1 fully saturated rings. The molecule has 0 heterocycles. The monoisotopic (exact) mass is 186 g/mol. The van der Waals surface area contributed by atoms with Gasteiger partial charge in [-0.25, -0.2) is 0 Å². The molecule has 2 rings (SSSR count). The zero-order valence-electron chi connectivity index (χ0n) is 8.57. The van der Waals surface area contributed by atoms with E-state index < -0.39 is 0 Å². The molecule has 0 aliphatic heterocycles. The number of benzene rings is 1. The van der Waals surface area contributed by atoms with Crippen molar-refractivity contribution in [1.29, 1.82) is 0 Å². The summed E-state index contributed by atoms with van der Waals surface area (Å²) in [4.78, 5) is 11.4. The molecule has 14 heavy (non-hydrogen) atoms. The van der Waals surface area contributed by atoms with Crippen molar-refractivity contribution in [1.82, 2.24) is 0 Å². The maximum Gasteiger partial charge on any atom is 0.128 e. The van der Waals surface area contributed by atoms with Gasteiger partial charge in [0.15, 0.2) is 0 Å². The number of rotatable bonds is 1. The van der Waals surface area contributed by atoms with Crippen LogP contribution in [-0.2, 0) is 4.79 Å². The van der Waals surface area contributed by atoms with Crippen molar-refractivity contribution in [2.75, 3.05) is 0 Å². The summed E-state index contributed by atoms with van der Waals surface area (Å²) in [6.07, 6.45) is 2.83. The maximum absolute atomic E-state index is 11.4. The van der Waals surface area contributed by atoms with E-state index in [2.05, 4.69) is 32.1 Å². The van der Waals surface area contributed by atoms with Crippen molar-refractivity contribution in [3.05, 3.63) is 35.9 Å². The van der Waals surface area contributed by atoms with Crippen LogP contribution >= 0.6 is 0 Å². The summed E-state index contributed by atoms with van der Waals surface area (Å²) in [6.45, 7) is 0. The predicted octanol–water partition coefficient (Wildman–Crippen LogP) is 1.94. The fourth-order valence-corrected chi connectivity index (χ4v) is 2.27. The number of Topliss-reactive ketones (excluding diaryl/α,β-unsaturated/α-hetero) is 1. The van der Waals surface area contributed by atoms with Crippen molar-refractivity contribution in [2.45, 2.75) is 31.0 Å². The van der Waals surface area contributed by atoms with Crippen molar-refractivity contribution in [3.8, 4) is 0 Å². The van der Waals surface area contributed by atoms with Gasteiger partial charge in [-0.2, -0.15) is 0 Å². The average molecular weight is 186 g/mol. The molecule has 2 atom stereocenters. The highest BCUT2D eigenvalue weighted by atomic mass is 16.1. The molecule has 0 amide bonds. The SMILES string of the molecule is BC1CC(c2ccccc2)CCC1=O. The van der Waals surface area contributed by atoms with Crippen molar-refractivity contribution < 1.29 is 4.79 Å². The van der Waals surface area contributed by atoms with Crippen LogP contribution in [0.1, 0.15) is 30.7 Å². The van der Waals surface area contributed by atoms with Crippen molar-refractivity contribution in [2.24, 2.45) is 0 Å². The molecule has 1 saturated carbocycles. The van der Waals surface area contributed by atoms with Crippen molar-refractivity contribution >= 4 is 13.6 Å². The second-order valence-corrected chi connectivity index (χ2v) is 4.25. The van der Waals surface area contributed by atoms with Crippen LogP contribution in [0.3, 0.4) is 0 Å². The largest absolute Gasteiger partial charge is 0.300 e. The Hall–Kier alpha value is -1.05. The molecule has 2 heteroatoms. The van der Waals surface area contributed by atoms with E-state index in [-0.39, 0.29) is 5.82 Å². The third-order valence-electron chi connectivity index (χ3n) is 3.20. The van der Waals surface area contributed by atoms with Gasteiger partial charge < -0.3 is 4.79 Å². The van der Waals surface area contributed by atoms with E-state index in [0.29, 0.717) is 11.7 Å². The lowest BCUT2D eigenvalue weighted by Crippen LogP contribution is -2.19. The number of hydrogen-bond donors (Lipinski definition) is 0. The van der Waals surface area contributed by atoms with E-state index in [1.54, 1.807) is 0 Å². The quantitative estimate of drug-likeness (QED) is 0.612. The second-order valence-electron chi connectivity index (χ2n) is 4.25. The third kappa shape index (κ3) is 1.89. The molecule has 0 aromatic heterocycles. The molecule has 1 aromatic carbocycles. The Balaban J connectivity index is 2.11. The van der Waals surface area contributed by atoms with Crippen LogP contribution in [0.5, 0.6) is 0 Å². The van der Waals surface area contributed by atoms with Crippen molar-refractivity contribution in [3.63, 3.8) is 0 Å². The normalized spacial score (nSPS) is 27.6. The summed E-state index contributed by atoms with van der Waals surface area (Å²) in [7, 11) is 2.05. The van der Waals surface area contributed by atoms with Gasteiger partial charge in [-0.3, -0.25) is 0 Å². The Morgan fingerprint density at radius 1 is 1.21 bits per heavy atom. The predicted molar refractivity (Wildman–Crippen MR) is 60.3 cm³/mol. The highest BCUT2D eigenvalue weighted by molar-refractivity contribution is 6.24. The molecular weight excluding hydrogens is 171 g/mol. The summed E-state index contributed by atoms with van der Waals surface area (Å²) in [5.74, 6) is 1.30. The second kappa shape index (κ2) is 3.99. The fraction of sp³-hybridized carbons (Fsp3) is 0.417. The first-order valence-corrected chi connectivity index (χ1v) is 5.35. The molecule has 0 radical (unpaired) electrons. The smallest absolute Gasteiger partial charge is 0.128 e. The molecule has 72 valence electrons. The minimum Gasteiger partial charge on any atom is -0.300 e. The average Bonchev–Trinajstić information content (AvgIpc) is 2.23. The molecule has 0 N–H and O–H groups in total. The first-order chi connectivity index (χ1) is 6.77. The van der Waals surface area contributed by atoms with E-state index in [9.17, 15) is 4.79 Å². The topological polar surface area (TPSA) is 17.1 Å². The minimum atomic E-state index is 0.258. The highest BCUT2D eigenvalue weighted by Gasteiger charge is 2.25. The Morgan fingerprint density at radius 2 is 1.93 bits per heavy atom. The first kappa shape index (κ1) is 9.51. The zero-order valence-corrected chi connectivity index (χ0v) is 8.57.